The molecule has 2 aromatic rings. The molecule has 0 spiro atoms. The van der Waals surface area contributed by atoms with Gasteiger partial charge in [0.2, 0.25) is 0 Å². The quantitative estimate of drug-likeness (QED) is 0.936. The fourth-order valence-corrected chi connectivity index (χ4v) is 2.45. The fraction of sp³-hybridized carbons (Fsp3) is 0.286. The van der Waals surface area contributed by atoms with Crippen molar-refractivity contribution >= 4 is 22.4 Å². The normalized spacial score (nSPS) is 10.7. The first-order chi connectivity index (χ1) is 9.51. The van der Waals surface area contributed by atoms with E-state index in [4.69, 9.17) is 4.74 Å². The molecule has 0 radical (unpaired) electrons. The number of methoxy groups -OCH3 is 1. The lowest BCUT2D eigenvalue weighted by molar-refractivity contribution is 0.102. The number of nitrogens with zero attached hydrogens (tertiary/aromatic N) is 1. The van der Waals surface area contributed by atoms with Gasteiger partial charge in [-0.1, -0.05) is 13.8 Å². The first kappa shape index (κ1) is 14.5. The van der Waals surface area contributed by atoms with E-state index in [1.165, 1.54) is 30.6 Å². The second kappa shape index (κ2) is 6.00. The summed E-state index contributed by atoms with van der Waals surface area (Å²) in [6.07, 6.45) is 0. The molecule has 106 valence electrons. The van der Waals surface area contributed by atoms with Crippen LogP contribution in [-0.4, -0.2) is 18.0 Å². The van der Waals surface area contributed by atoms with E-state index >= 15 is 0 Å². The Morgan fingerprint density at radius 3 is 2.75 bits per heavy atom. The third-order valence-electron chi connectivity index (χ3n) is 2.75. The van der Waals surface area contributed by atoms with Crippen molar-refractivity contribution in [3.05, 3.63) is 40.7 Å². The number of nitrogens with one attached hydrogen (secondary N) is 1. The van der Waals surface area contributed by atoms with E-state index in [9.17, 15) is 9.18 Å². The zero-order valence-corrected chi connectivity index (χ0v) is 12.3. The smallest absolute Gasteiger partial charge is 0.260 e. The van der Waals surface area contributed by atoms with E-state index in [-0.39, 0.29) is 11.5 Å². The zero-order valence-electron chi connectivity index (χ0n) is 11.4. The summed E-state index contributed by atoms with van der Waals surface area (Å²) in [5.74, 6) is -0.484. The minimum atomic E-state index is -0.623. The SMILES string of the molecule is COc1ccc(C(=O)Nc2nc(C(C)C)cs2)c(F)c1. The summed E-state index contributed by atoms with van der Waals surface area (Å²) in [5.41, 5.74) is 0.868. The van der Waals surface area contributed by atoms with Crippen LogP contribution in [0.4, 0.5) is 9.52 Å². The monoisotopic (exact) mass is 294 g/mol. The molecule has 0 saturated heterocycles. The van der Waals surface area contributed by atoms with Crippen molar-refractivity contribution in [2.45, 2.75) is 19.8 Å². The second-order valence-corrected chi connectivity index (χ2v) is 5.39. The van der Waals surface area contributed by atoms with Crippen molar-refractivity contribution in [2.75, 3.05) is 12.4 Å². The highest BCUT2D eigenvalue weighted by Gasteiger charge is 2.15. The molecule has 0 fully saturated rings. The topological polar surface area (TPSA) is 51.2 Å². The van der Waals surface area contributed by atoms with Crippen LogP contribution in [0.15, 0.2) is 23.6 Å². The number of ether oxygens (including phenoxy) is 1. The third-order valence-corrected chi connectivity index (χ3v) is 3.53. The Morgan fingerprint density at radius 1 is 1.45 bits per heavy atom. The van der Waals surface area contributed by atoms with Crippen LogP contribution in [0.5, 0.6) is 5.75 Å². The number of carbonyl (C=O) groups is 1. The number of benzene rings is 1. The molecule has 1 amide bonds. The van der Waals surface area contributed by atoms with Gasteiger partial charge in [-0.3, -0.25) is 10.1 Å². The molecule has 6 heteroatoms. The van der Waals surface area contributed by atoms with Crippen molar-refractivity contribution in [3.63, 3.8) is 0 Å². The average molecular weight is 294 g/mol. The lowest BCUT2D eigenvalue weighted by atomic mass is 10.2. The number of thiazole rings is 1. The lowest BCUT2D eigenvalue weighted by Gasteiger charge is -2.05. The van der Waals surface area contributed by atoms with E-state index in [1.807, 2.05) is 19.2 Å². The highest BCUT2D eigenvalue weighted by Crippen LogP contribution is 2.23. The minimum absolute atomic E-state index is 0.0351. The number of anilines is 1. The summed E-state index contributed by atoms with van der Waals surface area (Å²) in [7, 11) is 1.44. The predicted octanol–water partition coefficient (Wildman–Crippen LogP) is 3.67. The number of hydrogen-bond donors (Lipinski definition) is 1. The number of aromatic nitrogens is 1. The van der Waals surface area contributed by atoms with Crippen LogP contribution >= 0.6 is 11.3 Å². The van der Waals surface area contributed by atoms with Crippen LogP contribution in [0.1, 0.15) is 35.8 Å². The largest absolute Gasteiger partial charge is 0.497 e. The number of rotatable bonds is 4. The number of carbonyl (C=O) groups excluding carboxylic acids is 1. The summed E-state index contributed by atoms with van der Waals surface area (Å²) >= 11 is 1.32. The van der Waals surface area contributed by atoms with Crippen LogP contribution < -0.4 is 10.1 Å². The molecule has 1 heterocycles. The van der Waals surface area contributed by atoms with Gasteiger partial charge in [-0.25, -0.2) is 9.37 Å². The fourth-order valence-electron chi connectivity index (χ4n) is 1.58. The molecule has 0 aliphatic heterocycles. The Morgan fingerprint density at radius 2 is 2.20 bits per heavy atom. The van der Waals surface area contributed by atoms with E-state index in [0.717, 1.165) is 5.69 Å². The molecule has 0 saturated carbocycles. The molecular weight excluding hydrogens is 279 g/mol. The molecule has 2 rings (SSSR count). The van der Waals surface area contributed by atoms with Gasteiger partial charge in [-0.05, 0) is 18.1 Å². The van der Waals surface area contributed by atoms with Gasteiger partial charge < -0.3 is 4.74 Å². The summed E-state index contributed by atoms with van der Waals surface area (Å²) in [5, 5.41) is 4.95. The van der Waals surface area contributed by atoms with Gasteiger partial charge in [0.25, 0.3) is 5.91 Å². The Balaban J connectivity index is 2.15. The summed E-state index contributed by atoms with van der Waals surface area (Å²) in [4.78, 5) is 16.3. The van der Waals surface area contributed by atoms with Crippen molar-refractivity contribution in [1.82, 2.24) is 4.98 Å². The Hall–Kier alpha value is -1.95. The lowest BCUT2D eigenvalue weighted by Crippen LogP contribution is -2.13. The first-order valence-electron chi connectivity index (χ1n) is 6.11. The average Bonchev–Trinajstić information content (AvgIpc) is 2.87. The van der Waals surface area contributed by atoms with Gasteiger partial charge in [-0.15, -0.1) is 11.3 Å². The predicted molar refractivity (Wildman–Crippen MR) is 77.1 cm³/mol. The highest BCUT2D eigenvalue weighted by molar-refractivity contribution is 7.14. The third kappa shape index (κ3) is 3.14. The summed E-state index contributed by atoms with van der Waals surface area (Å²) in [6, 6.07) is 4.11. The highest BCUT2D eigenvalue weighted by atomic mass is 32.1. The van der Waals surface area contributed by atoms with E-state index in [0.29, 0.717) is 10.9 Å². The minimum Gasteiger partial charge on any atom is -0.497 e. The Labute approximate surface area is 120 Å². The van der Waals surface area contributed by atoms with Gasteiger partial charge >= 0.3 is 0 Å². The first-order valence-corrected chi connectivity index (χ1v) is 6.99. The molecule has 20 heavy (non-hydrogen) atoms. The molecule has 0 aliphatic rings. The van der Waals surface area contributed by atoms with E-state index in [1.54, 1.807) is 6.07 Å². The van der Waals surface area contributed by atoms with Gasteiger partial charge in [-0.2, -0.15) is 0 Å². The van der Waals surface area contributed by atoms with Crippen LogP contribution in [0.25, 0.3) is 0 Å². The zero-order chi connectivity index (χ0) is 14.7. The van der Waals surface area contributed by atoms with Crippen molar-refractivity contribution < 1.29 is 13.9 Å². The molecule has 1 N–H and O–H groups in total. The molecular formula is C14H15FN2O2S. The van der Waals surface area contributed by atoms with Crippen molar-refractivity contribution in [3.8, 4) is 5.75 Å². The molecule has 1 aromatic carbocycles. The number of amides is 1. The number of halogens is 1. The maximum Gasteiger partial charge on any atom is 0.260 e. The molecule has 0 bridgehead atoms. The maximum atomic E-state index is 13.8. The van der Waals surface area contributed by atoms with Crippen molar-refractivity contribution in [2.24, 2.45) is 0 Å². The van der Waals surface area contributed by atoms with Gasteiger partial charge in [0.1, 0.15) is 11.6 Å². The van der Waals surface area contributed by atoms with Gasteiger partial charge in [0, 0.05) is 11.4 Å². The van der Waals surface area contributed by atoms with Crippen LogP contribution in [-0.2, 0) is 0 Å². The standard InChI is InChI=1S/C14H15FN2O2S/c1-8(2)12-7-20-14(16-12)17-13(18)10-5-4-9(19-3)6-11(10)15/h4-8H,1-3H3,(H,16,17,18). The Kier molecular flexibility index (Phi) is 4.34. The van der Waals surface area contributed by atoms with Crippen LogP contribution in [0.3, 0.4) is 0 Å². The van der Waals surface area contributed by atoms with E-state index < -0.39 is 11.7 Å². The van der Waals surface area contributed by atoms with Crippen LogP contribution in [0, 0.1) is 5.82 Å². The number of hydrogen-bond acceptors (Lipinski definition) is 4. The molecule has 4 nitrogen and oxygen atoms in total. The molecule has 0 atom stereocenters. The maximum absolute atomic E-state index is 13.8. The second-order valence-electron chi connectivity index (χ2n) is 4.53. The molecule has 1 aromatic heterocycles. The molecule has 0 aliphatic carbocycles. The van der Waals surface area contributed by atoms with Crippen molar-refractivity contribution in [1.29, 1.82) is 0 Å². The summed E-state index contributed by atoms with van der Waals surface area (Å²) in [6.45, 7) is 4.04. The van der Waals surface area contributed by atoms with Gasteiger partial charge in [0.05, 0.1) is 18.4 Å². The van der Waals surface area contributed by atoms with Crippen LogP contribution in [0.2, 0.25) is 0 Å². The summed E-state index contributed by atoms with van der Waals surface area (Å²) < 4.78 is 18.7. The van der Waals surface area contributed by atoms with E-state index in [2.05, 4.69) is 10.3 Å². The Bertz CT molecular complexity index is 625. The molecule has 0 unspecified atom stereocenters. The van der Waals surface area contributed by atoms with Gasteiger partial charge in [0.15, 0.2) is 5.13 Å².